The van der Waals surface area contributed by atoms with Crippen molar-refractivity contribution in [1.29, 1.82) is 0 Å². The summed E-state index contributed by atoms with van der Waals surface area (Å²) in [6.07, 6.45) is 2.91. The second kappa shape index (κ2) is 9.23. The zero-order chi connectivity index (χ0) is 16.6. The summed E-state index contributed by atoms with van der Waals surface area (Å²) in [7, 11) is 0. The van der Waals surface area contributed by atoms with Crippen LogP contribution in [0.2, 0.25) is 0 Å². The number of benzene rings is 1. The Bertz CT molecular complexity index is 495. The van der Waals surface area contributed by atoms with Crippen LogP contribution in [-0.2, 0) is 9.47 Å². The van der Waals surface area contributed by atoms with Crippen LogP contribution in [0.1, 0.15) is 46.9 Å². The summed E-state index contributed by atoms with van der Waals surface area (Å²) >= 11 is 16.5. The van der Waals surface area contributed by atoms with Gasteiger partial charge in [0.1, 0.15) is 6.61 Å². The molecule has 122 valence electrons. The zero-order valence-electron chi connectivity index (χ0n) is 12.1. The van der Waals surface area contributed by atoms with Crippen LogP contribution in [0.4, 0.5) is 0 Å². The van der Waals surface area contributed by atoms with Gasteiger partial charge in [-0.05, 0) is 30.7 Å². The smallest absolute Gasteiger partial charge is 0.338 e. The molecule has 0 aliphatic rings. The molecule has 0 unspecified atom stereocenters. The van der Waals surface area contributed by atoms with Crippen LogP contribution in [0, 0.1) is 0 Å². The molecular formula is C15H17Cl3O4. The van der Waals surface area contributed by atoms with Crippen molar-refractivity contribution in [3.63, 3.8) is 0 Å². The van der Waals surface area contributed by atoms with Gasteiger partial charge in [0.05, 0.1) is 17.7 Å². The summed E-state index contributed by atoms with van der Waals surface area (Å²) in [6, 6.07) is 5.91. The summed E-state index contributed by atoms with van der Waals surface area (Å²) < 4.78 is 8.29. The van der Waals surface area contributed by atoms with Crippen molar-refractivity contribution < 1.29 is 19.1 Å². The van der Waals surface area contributed by atoms with E-state index in [1.165, 1.54) is 24.3 Å². The number of esters is 2. The quantitative estimate of drug-likeness (QED) is 0.403. The summed E-state index contributed by atoms with van der Waals surface area (Å²) in [5.74, 6) is -1.05. The second-order valence-corrected chi connectivity index (χ2v) is 7.13. The van der Waals surface area contributed by atoms with Gasteiger partial charge in [-0.25, -0.2) is 9.59 Å². The maximum absolute atomic E-state index is 11.8. The van der Waals surface area contributed by atoms with E-state index in [2.05, 4.69) is 6.92 Å². The monoisotopic (exact) mass is 366 g/mol. The van der Waals surface area contributed by atoms with Crippen LogP contribution in [-0.4, -0.2) is 28.9 Å². The predicted molar refractivity (Wildman–Crippen MR) is 86.8 cm³/mol. The maximum Gasteiger partial charge on any atom is 0.338 e. The second-order valence-electron chi connectivity index (χ2n) is 4.61. The lowest BCUT2D eigenvalue weighted by Gasteiger charge is -2.11. The lowest BCUT2D eigenvalue weighted by Crippen LogP contribution is -2.17. The third-order valence-corrected chi connectivity index (χ3v) is 3.03. The molecule has 0 aliphatic heterocycles. The minimum absolute atomic E-state index is 0.261. The van der Waals surface area contributed by atoms with E-state index in [4.69, 9.17) is 44.3 Å². The predicted octanol–water partition coefficient (Wildman–Crippen LogP) is 4.56. The topological polar surface area (TPSA) is 52.6 Å². The van der Waals surface area contributed by atoms with E-state index in [0.29, 0.717) is 12.2 Å². The highest BCUT2D eigenvalue weighted by Gasteiger charge is 2.22. The third kappa shape index (κ3) is 7.34. The minimum Gasteiger partial charge on any atom is -0.462 e. The van der Waals surface area contributed by atoms with E-state index in [9.17, 15) is 9.59 Å². The van der Waals surface area contributed by atoms with Gasteiger partial charge in [0, 0.05) is 0 Å². The van der Waals surface area contributed by atoms with Crippen LogP contribution in [0.5, 0.6) is 0 Å². The Hall–Kier alpha value is -0.970. The first-order valence-electron chi connectivity index (χ1n) is 6.84. The Labute approximate surface area is 144 Å². The SMILES string of the molecule is CCCCCOC(=O)c1ccc(C(=O)OCC(Cl)(Cl)Cl)cc1. The van der Waals surface area contributed by atoms with Crippen molar-refractivity contribution in [2.75, 3.05) is 13.2 Å². The fraction of sp³-hybridized carbons (Fsp3) is 0.467. The summed E-state index contributed by atoms with van der Waals surface area (Å²) in [4.78, 5) is 23.5. The van der Waals surface area contributed by atoms with Crippen molar-refractivity contribution in [1.82, 2.24) is 0 Å². The van der Waals surface area contributed by atoms with E-state index in [1.807, 2.05) is 0 Å². The number of carbonyl (C=O) groups is 2. The largest absolute Gasteiger partial charge is 0.462 e. The number of carbonyl (C=O) groups excluding carboxylic acids is 2. The first-order chi connectivity index (χ1) is 10.3. The van der Waals surface area contributed by atoms with Crippen LogP contribution >= 0.6 is 34.8 Å². The van der Waals surface area contributed by atoms with Crippen molar-refractivity contribution in [2.45, 2.75) is 30.0 Å². The van der Waals surface area contributed by atoms with E-state index >= 15 is 0 Å². The molecule has 0 radical (unpaired) electrons. The number of hydrogen-bond donors (Lipinski definition) is 0. The number of rotatable bonds is 7. The van der Waals surface area contributed by atoms with E-state index in [0.717, 1.165) is 19.3 Å². The molecule has 1 aromatic rings. The lowest BCUT2D eigenvalue weighted by molar-refractivity contribution is 0.0489. The normalized spacial score (nSPS) is 11.1. The van der Waals surface area contributed by atoms with Gasteiger partial charge >= 0.3 is 11.9 Å². The number of ether oxygens (including phenoxy) is 2. The van der Waals surface area contributed by atoms with E-state index < -0.39 is 15.7 Å². The molecule has 0 bridgehead atoms. The van der Waals surface area contributed by atoms with Crippen molar-refractivity contribution in [3.8, 4) is 0 Å². The molecule has 0 aliphatic carbocycles. The third-order valence-electron chi connectivity index (χ3n) is 2.70. The van der Waals surface area contributed by atoms with Crippen molar-refractivity contribution in [3.05, 3.63) is 35.4 Å². The molecule has 7 heteroatoms. The molecule has 0 N–H and O–H groups in total. The molecule has 0 spiro atoms. The molecule has 0 atom stereocenters. The Morgan fingerprint density at radius 3 is 1.91 bits per heavy atom. The minimum atomic E-state index is -1.65. The van der Waals surface area contributed by atoms with Gasteiger partial charge in [0.2, 0.25) is 3.79 Å². The molecule has 4 nitrogen and oxygen atoms in total. The van der Waals surface area contributed by atoms with Gasteiger partial charge in [0.25, 0.3) is 0 Å². The average molecular weight is 368 g/mol. The van der Waals surface area contributed by atoms with Crippen molar-refractivity contribution in [2.24, 2.45) is 0 Å². The van der Waals surface area contributed by atoms with Gasteiger partial charge in [-0.1, -0.05) is 54.6 Å². The fourth-order valence-electron chi connectivity index (χ4n) is 1.57. The van der Waals surface area contributed by atoms with E-state index in [1.54, 1.807) is 0 Å². The van der Waals surface area contributed by atoms with Crippen LogP contribution in [0.25, 0.3) is 0 Å². The molecular weight excluding hydrogens is 351 g/mol. The first-order valence-corrected chi connectivity index (χ1v) is 7.98. The molecule has 0 aromatic heterocycles. The standard InChI is InChI=1S/C15H17Cl3O4/c1-2-3-4-9-21-13(19)11-5-7-12(8-6-11)14(20)22-10-15(16,17)18/h5-8H,2-4,9-10H2,1H3. The summed E-state index contributed by atoms with van der Waals surface area (Å²) in [6.45, 7) is 2.11. The van der Waals surface area contributed by atoms with Crippen LogP contribution < -0.4 is 0 Å². The van der Waals surface area contributed by atoms with Crippen molar-refractivity contribution >= 4 is 46.7 Å². The van der Waals surface area contributed by atoms with Crippen LogP contribution in [0.15, 0.2) is 24.3 Å². The van der Waals surface area contributed by atoms with E-state index in [-0.39, 0.29) is 12.2 Å². The molecule has 0 saturated carbocycles. The number of halogens is 3. The van der Waals surface area contributed by atoms with Gasteiger partial charge in [-0.3, -0.25) is 0 Å². The fourth-order valence-corrected chi connectivity index (χ4v) is 1.74. The Morgan fingerprint density at radius 1 is 0.955 bits per heavy atom. The summed E-state index contributed by atoms with van der Waals surface area (Å²) in [5.41, 5.74) is 0.631. The first kappa shape index (κ1) is 19.1. The van der Waals surface area contributed by atoms with Gasteiger partial charge in [-0.15, -0.1) is 0 Å². The van der Waals surface area contributed by atoms with Gasteiger partial charge in [0.15, 0.2) is 0 Å². The molecule has 0 heterocycles. The lowest BCUT2D eigenvalue weighted by atomic mass is 10.1. The molecule has 1 rings (SSSR count). The molecule has 0 amide bonds. The summed E-state index contributed by atoms with van der Waals surface area (Å²) in [5, 5.41) is 0. The Balaban J connectivity index is 2.51. The highest BCUT2D eigenvalue weighted by molar-refractivity contribution is 6.67. The molecule has 1 aromatic carbocycles. The Morgan fingerprint density at radius 2 is 1.45 bits per heavy atom. The zero-order valence-corrected chi connectivity index (χ0v) is 14.4. The van der Waals surface area contributed by atoms with Gasteiger partial charge < -0.3 is 9.47 Å². The highest BCUT2D eigenvalue weighted by atomic mass is 35.6. The van der Waals surface area contributed by atoms with Gasteiger partial charge in [-0.2, -0.15) is 0 Å². The highest BCUT2D eigenvalue weighted by Crippen LogP contribution is 2.26. The molecule has 22 heavy (non-hydrogen) atoms. The number of alkyl halides is 3. The van der Waals surface area contributed by atoms with Crippen LogP contribution in [0.3, 0.4) is 0 Å². The molecule has 0 fully saturated rings. The number of unbranched alkanes of at least 4 members (excludes halogenated alkanes) is 2. The average Bonchev–Trinajstić information content (AvgIpc) is 2.48. The molecule has 0 saturated heterocycles. The maximum atomic E-state index is 11.8. The Kier molecular flexibility index (Phi) is 8.01. The number of hydrogen-bond acceptors (Lipinski definition) is 4.